The summed E-state index contributed by atoms with van der Waals surface area (Å²) < 4.78 is 68.3. The normalized spacial score (nSPS) is 14.8. The molecule has 0 saturated heterocycles. The third kappa shape index (κ3) is 73.0. The van der Waals surface area contributed by atoms with Gasteiger partial charge in [-0.1, -0.05) is 295 Å². The fraction of sp³-hybridized carbons (Fsp3) is 0.639. The molecule has 0 aliphatic heterocycles. The van der Waals surface area contributed by atoms with Crippen LogP contribution in [0.5, 0.6) is 0 Å². The highest BCUT2D eigenvalue weighted by Crippen LogP contribution is 2.45. The number of ether oxygens (including phenoxy) is 4. The summed E-state index contributed by atoms with van der Waals surface area (Å²) >= 11 is 0. The number of aliphatic hydroxyl groups is 1. The van der Waals surface area contributed by atoms with Crippen molar-refractivity contribution in [3.8, 4) is 0 Å². The first-order valence-corrected chi connectivity index (χ1v) is 41.7. The average molecular weight is 1470 g/mol. The van der Waals surface area contributed by atoms with Crippen LogP contribution in [-0.4, -0.2) is 96.7 Å². The van der Waals surface area contributed by atoms with E-state index >= 15 is 0 Å². The summed E-state index contributed by atoms with van der Waals surface area (Å²) in [6.45, 7) is 4.33. The molecule has 0 rings (SSSR count). The number of esters is 4. The molecule has 3 N–H and O–H groups in total. The Labute approximate surface area is 617 Å². The zero-order chi connectivity index (χ0) is 74.6. The number of allylic oxidation sites excluding steroid dienone is 25. The topological polar surface area (TPSA) is 237 Å². The molecule has 102 heavy (non-hydrogen) atoms. The minimum Gasteiger partial charge on any atom is -0.462 e. The van der Waals surface area contributed by atoms with Gasteiger partial charge < -0.3 is 33.8 Å². The van der Waals surface area contributed by atoms with Gasteiger partial charge in [0.15, 0.2) is 12.2 Å². The van der Waals surface area contributed by atoms with E-state index < -0.39 is 97.5 Å². The molecule has 0 fully saturated rings. The quantitative estimate of drug-likeness (QED) is 0.0169. The number of aliphatic hydroxyl groups excluding tert-OH is 1. The monoisotopic (exact) mass is 1470 g/mol. The number of carbonyl (C=O) groups is 4. The molecule has 0 spiro atoms. The van der Waals surface area contributed by atoms with Crippen LogP contribution in [0.15, 0.2) is 158 Å². The van der Waals surface area contributed by atoms with Gasteiger partial charge in [-0.15, -0.1) is 0 Å². The molecule has 0 aliphatic rings. The molecule has 0 amide bonds. The molecular formula is C83H136O17P2. The van der Waals surface area contributed by atoms with Gasteiger partial charge in [-0.2, -0.15) is 0 Å². The first-order chi connectivity index (χ1) is 49.7. The Morgan fingerprint density at radius 2 is 0.559 bits per heavy atom. The molecule has 17 nitrogen and oxygen atoms in total. The number of phosphoric ester groups is 2. The van der Waals surface area contributed by atoms with Gasteiger partial charge in [0.05, 0.1) is 32.8 Å². The second kappa shape index (κ2) is 74.0. The second-order valence-corrected chi connectivity index (χ2v) is 28.1. The Bertz CT molecular complexity index is 2550. The lowest BCUT2D eigenvalue weighted by Crippen LogP contribution is -2.30. The maximum atomic E-state index is 13.1. The molecular weight excluding hydrogens is 1330 g/mol. The predicted octanol–water partition coefficient (Wildman–Crippen LogP) is 22.4. The third-order valence-corrected chi connectivity index (χ3v) is 17.4. The number of hydrogen-bond donors (Lipinski definition) is 3. The third-order valence-electron chi connectivity index (χ3n) is 15.5. The lowest BCUT2D eigenvalue weighted by molar-refractivity contribution is -0.161. The largest absolute Gasteiger partial charge is 0.472 e. The maximum Gasteiger partial charge on any atom is 0.472 e. The van der Waals surface area contributed by atoms with E-state index in [0.717, 1.165) is 135 Å². The van der Waals surface area contributed by atoms with Gasteiger partial charge in [-0.3, -0.25) is 37.3 Å². The molecule has 0 radical (unpaired) electrons. The number of unbranched alkanes of at least 4 members (excludes halogenated alkanes) is 20. The van der Waals surface area contributed by atoms with Gasteiger partial charge in [-0.05, 0) is 122 Å². The van der Waals surface area contributed by atoms with Crippen molar-refractivity contribution >= 4 is 39.5 Å². The van der Waals surface area contributed by atoms with Crippen LogP contribution in [0, 0.1) is 0 Å². The van der Waals surface area contributed by atoms with Gasteiger partial charge >= 0.3 is 39.5 Å². The smallest absolute Gasteiger partial charge is 0.462 e. The lowest BCUT2D eigenvalue weighted by atomic mass is 10.0. The van der Waals surface area contributed by atoms with Gasteiger partial charge in [-0.25, -0.2) is 9.13 Å². The fourth-order valence-corrected chi connectivity index (χ4v) is 11.3. The number of hydrogen-bond acceptors (Lipinski definition) is 15. The lowest BCUT2D eigenvalue weighted by Gasteiger charge is -2.21. The first-order valence-electron chi connectivity index (χ1n) is 38.7. The van der Waals surface area contributed by atoms with Crippen LogP contribution in [0.25, 0.3) is 0 Å². The van der Waals surface area contributed by atoms with Crippen LogP contribution in [-0.2, 0) is 65.4 Å². The van der Waals surface area contributed by atoms with E-state index in [-0.39, 0.29) is 25.7 Å². The van der Waals surface area contributed by atoms with E-state index in [4.69, 9.17) is 37.0 Å². The fourth-order valence-electron chi connectivity index (χ4n) is 9.75. The van der Waals surface area contributed by atoms with Gasteiger partial charge in [0.1, 0.15) is 19.3 Å². The standard InChI is InChI=1S/C83H136O17P2/c1-5-9-13-17-21-25-29-33-37-38-42-44-48-52-56-60-64-68-81(86)94-74-79(100-83(88)70-66-62-58-54-50-46-41-36-32-28-24-20-16-12-8-4)76-98-102(91,92)96-72-77(84)71-95-101(89,90)97-75-78(99-82(87)69-65-61-57-53-49-45-40-35-31-27-23-19-15-11-7-3)73-93-80(85)67-63-59-55-51-47-43-39-34-30-26-22-18-14-10-6-2/h9-10,12-14,16,21-22,24-26,28,33-34,36-37,39,41-42,44,47,51-52,56,59,63,77-79,84H,5-8,11,15,17-20,23,27,29-32,35,38,40,43,45-46,48-50,53-55,57-58,60-62,64-76H2,1-4H3,(H,89,90)(H,91,92)/b13-9-,14-10-,16-12-,25-21-,26-22-,28-24-,37-33-,39-34-,41-36-,44-42-,51-47-,56-52-,63-59-. The second-order valence-electron chi connectivity index (χ2n) is 25.2. The van der Waals surface area contributed by atoms with Crippen LogP contribution >= 0.6 is 15.6 Å². The first kappa shape index (κ1) is 96.7. The Kier molecular flexibility index (Phi) is 70.1. The summed E-state index contributed by atoms with van der Waals surface area (Å²) in [5.41, 5.74) is 0. The van der Waals surface area contributed by atoms with E-state index in [2.05, 4.69) is 149 Å². The number of phosphoric acid groups is 2. The van der Waals surface area contributed by atoms with Crippen LogP contribution in [0.4, 0.5) is 0 Å². The molecule has 0 aromatic heterocycles. The molecule has 5 atom stereocenters. The zero-order valence-corrected chi connectivity index (χ0v) is 65.0. The van der Waals surface area contributed by atoms with Gasteiger partial charge in [0, 0.05) is 19.3 Å². The molecule has 19 heteroatoms. The van der Waals surface area contributed by atoms with E-state index in [9.17, 15) is 43.2 Å². The molecule has 0 aliphatic carbocycles. The van der Waals surface area contributed by atoms with E-state index in [1.165, 1.54) is 64.2 Å². The minimum atomic E-state index is -5.00. The molecule has 5 unspecified atom stereocenters. The SMILES string of the molecule is CC/C=C\C/C=C\C/C=C\C/C=C\C/C=C\CCCC(=O)OCC(COP(=O)(O)OCC(O)COP(=O)(O)OCC(COC(=O)C/C=C\C/C=C\C/C=C\C/C=C\C/C=C\CC)OC(=O)CCCCCCCCCCCCCCCCC)OC(=O)CCCCCCC/C=C\C/C=C\C/C=C\CC. The van der Waals surface area contributed by atoms with Crippen molar-refractivity contribution in [1.82, 2.24) is 0 Å². The molecule has 580 valence electrons. The Morgan fingerprint density at radius 3 is 0.902 bits per heavy atom. The van der Waals surface area contributed by atoms with Crippen LogP contribution in [0.3, 0.4) is 0 Å². The Hall–Kier alpha value is -5.32. The van der Waals surface area contributed by atoms with Crippen molar-refractivity contribution in [3.63, 3.8) is 0 Å². The van der Waals surface area contributed by atoms with Crippen LogP contribution < -0.4 is 0 Å². The zero-order valence-electron chi connectivity index (χ0n) is 63.2. The predicted molar refractivity (Wildman–Crippen MR) is 417 cm³/mol. The van der Waals surface area contributed by atoms with Crippen molar-refractivity contribution in [3.05, 3.63) is 158 Å². The highest BCUT2D eigenvalue weighted by Gasteiger charge is 2.30. The van der Waals surface area contributed by atoms with E-state index in [1.807, 2.05) is 30.4 Å². The molecule has 0 bridgehead atoms. The highest BCUT2D eigenvalue weighted by molar-refractivity contribution is 7.47. The summed E-state index contributed by atoms with van der Waals surface area (Å²) in [4.78, 5) is 72.9. The Morgan fingerprint density at radius 1 is 0.294 bits per heavy atom. The maximum absolute atomic E-state index is 13.1. The number of carbonyl (C=O) groups excluding carboxylic acids is 4. The molecule has 0 saturated carbocycles. The van der Waals surface area contributed by atoms with Crippen molar-refractivity contribution < 1.29 is 80.2 Å². The average Bonchev–Trinajstić information content (AvgIpc) is 0.923. The van der Waals surface area contributed by atoms with Gasteiger partial charge in [0.2, 0.25) is 0 Å². The van der Waals surface area contributed by atoms with Crippen molar-refractivity contribution in [1.29, 1.82) is 0 Å². The summed E-state index contributed by atoms with van der Waals surface area (Å²) in [5.74, 6) is -2.42. The van der Waals surface area contributed by atoms with Crippen molar-refractivity contribution in [2.75, 3.05) is 39.6 Å². The molecule has 0 heterocycles. The van der Waals surface area contributed by atoms with E-state index in [1.54, 1.807) is 6.08 Å². The number of rotatable bonds is 71. The summed E-state index contributed by atoms with van der Waals surface area (Å²) in [6.07, 6.45) is 85.5. The minimum absolute atomic E-state index is 0.0561. The molecule has 0 aromatic rings. The summed E-state index contributed by atoms with van der Waals surface area (Å²) in [7, 11) is -10.0. The Balaban J connectivity index is 5.49. The van der Waals surface area contributed by atoms with Crippen molar-refractivity contribution in [2.24, 2.45) is 0 Å². The van der Waals surface area contributed by atoms with Crippen molar-refractivity contribution in [2.45, 2.75) is 303 Å². The van der Waals surface area contributed by atoms with Crippen LogP contribution in [0.2, 0.25) is 0 Å². The van der Waals surface area contributed by atoms with Crippen LogP contribution in [0.1, 0.15) is 285 Å². The van der Waals surface area contributed by atoms with Gasteiger partial charge in [0.25, 0.3) is 0 Å². The molecule has 0 aromatic carbocycles. The summed E-state index contributed by atoms with van der Waals surface area (Å²) in [6, 6.07) is 0. The highest BCUT2D eigenvalue weighted by atomic mass is 31.2. The van der Waals surface area contributed by atoms with E-state index in [0.29, 0.717) is 32.1 Å². The summed E-state index contributed by atoms with van der Waals surface area (Å²) in [5, 5.41) is 10.6.